The summed E-state index contributed by atoms with van der Waals surface area (Å²) in [6, 6.07) is 0. The Balaban J connectivity index is 2.41. The average molecular weight is 273 g/mol. The van der Waals surface area contributed by atoms with Crippen molar-refractivity contribution < 1.29 is 14.6 Å². The summed E-state index contributed by atoms with van der Waals surface area (Å²) in [5, 5.41) is 12.1. The molecule has 112 valence electrons. The third-order valence-corrected chi connectivity index (χ3v) is 3.21. The summed E-state index contributed by atoms with van der Waals surface area (Å²) < 4.78 is 5.27. The number of amides is 1. The largest absolute Gasteiger partial charge is 0.444 e. The number of carbonyl (C=O) groups excluding carboxylic acids is 1. The van der Waals surface area contributed by atoms with Gasteiger partial charge in [0.2, 0.25) is 0 Å². The van der Waals surface area contributed by atoms with E-state index >= 15 is 0 Å². The molecule has 1 unspecified atom stereocenters. The first-order valence-electron chi connectivity index (χ1n) is 6.77. The summed E-state index contributed by atoms with van der Waals surface area (Å²) in [4.78, 5) is 13.9. The predicted octanol–water partition coefficient (Wildman–Crippen LogP) is 0.643. The fourth-order valence-corrected chi connectivity index (χ4v) is 2.17. The van der Waals surface area contributed by atoms with Gasteiger partial charge in [0.05, 0.1) is 0 Å². The van der Waals surface area contributed by atoms with Crippen molar-refractivity contribution in [3.8, 4) is 0 Å². The zero-order valence-corrected chi connectivity index (χ0v) is 12.4. The lowest BCUT2D eigenvalue weighted by molar-refractivity contribution is 0.0367. The number of alkyl carbamates (subject to hydrolysis) is 1. The molecule has 1 amide bonds. The first-order valence-corrected chi connectivity index (χ1v) is 6.77. The molecule has 0 aromatic heterocycles. The second kappa shape index (κ2) is 6.07. The minimum atomic E-state index is -0.803. The number of β-amino-alcohol motifs (C(OH)–C–C–N with tert-alkyl or cyclic N) is 1. The van der Waals surface area contributed by atoms with Crippen LogP contribution in [0.4, 0.5) is 4.79 Å². The lowest BCUT2D eigenvalue weighted by atomic mass is 9.90. The van der Waals surface area contributed by atoms with Crippen LogP contribution < -0.4 is 11.1 Å². The number of aliphatic hydroxyl groups excluding tert-OH is 1. The van der Waals surface area contributed by atoms with Crippen LogP contribution in [-0.2, 0) is 4.74 Å². The Bertz CT molecular complexity index is 305. The van der Waals surface area contributed by atoms with Gasteiger partial charge in [0, 0.05) is 25.2 Å². The first-order chi connectivity index (χ1) is 8.60. The third kappa shape index (κ3) is 6.22. The van der Waals surface area contributed by atoms with Crippen LogP contribution in [0.25, 0.3) is 0 Å². The summed E-state index contributed by atoms with van der Waals surface area (Å²) in [7, 11) is 0. The summed E-state index contributed by atoms with van der Waals surface area (Å²) in [6.45, 7) is 9.65. The molecule has 1 saturated heterocycles. The Morgan fingerprint density at radius 2 is 2.00 bits per heavy atom. The third-order valence-electron chi connectivity index (χ3n) is 3.21. The fourth-order valence-electron chi connectivity index (χ4n) is 2.17. The predicted molar refractivity (Wildman–Crippen MR) is 73.6 cm³/mol. The Kier molecular flexibility index (Phi) is 5.18. The molecular weight excluding hydrogens is 246 g/mol. The van der Waals surface area contributed by atoms with Gasteiger partial charge in [0.1, 0.15) is 11.8 Å². The quantitative estimate of drug-likeness (QED) is 0.657. The van der Waals surface area contributed by atoms with Crippen molar-refractivity contribution in [2.24, 2.45) is 5.73 Å². The lowest BCUT2D eigenvalue weighted by Crippen LogP contribution is -2.55. The molecule has 1 heterocycles. The van der Waals surface area contributed by atoms with E-state index < -0.39 is 11.8 Å². The molecule has 0 aromatic rings. The molecule has 1 rings (SSSR count). The molecule has 0 radical (unpaired) electrons. The van der Waals surface area contributed by atoms with Crippen molar-refractivity contribution in [1.29, 1.82) is 0 Å². The molecule has 0 aromatic carbocycles. The standard InChI is InChI=1S/C13H27N3O3/c1-12(2,3)19-11(18)15-13(4)5-7-16(8-6-13)9-10(14)17/h10,17H,5-9,14H2,1-4H3,(H,15,18). The molecule has 0 bridgehead atoms. The number of carbonyl (C=O) groups is 1. The number of rotatable bonds is 3. The number of piperidine rings is 1. The number of nitrogens with one attached hydrogen (secondary N) is 1. The van der Waals surface area contributed by atoms with Gasteiger partial charge in [-0.05, 0) is 40.5 Å². The van der Waals surface area contributed by atoms with Crippen LogP contribution in [0.1, 0.15) is 40.5 Å². The molecule has 1 atom stereocenters. The maximum atomic E-state index is 11.8. The average Bonchev–Trinajstić information content (AvgIpc) is 2.17. The molecule has 4 N–H and O–H groups in total. The number of aliphatic hydroxyl groups is 1. The Labute approximate surface area is 115 Å². The molecule has 1 fully saturated rings. The van der Waals surface area contributed by atoms with Gasteiger partial charge in [0.25, 0.3) is 0 Å². The zero-order chi connectivity index (χ0) is 14.7. The molecule has 0 saturated carbocycles. The highest BCUT2D eigenvalue weighted by atomic mass is 16.6. The molecule has 1 aliphatic heterocycles. The van der Waals surface area contributed by atoms with Gasteiger partial charge < -0.3 is 20.9 Å². The number of hydrogen-bond acceptors (Lipinski definition) is 5. The summed E-state index contributed by atoms with van der Waals surface area (Å²) in [5.74, 6) is 0. The summed E-state index contributed by atoms with van der Waals surface area (Å²) >= 11 is 0. The number of ether oxygens (including phenoxy) is 1. The minimum absolute atomic E-state index is 0.252. The lowest BCUT2D eigenvalue weighted by Gasteiger charge is -2.40. The van der Waals surface area contributed by atoms with Crippen LogP contribution in [0.15, 0.2) is 0 Å². The van der Waals surface area contributed by atoms with Crippen molar-refractivity contribution in [2.75, 3.05) is 19.6 Å². The molecule has 6 nitrogen and oxygen atoms in total. The Morgan fingerprint density at radius 3 is 2.42 bits per heavy atom. The minimum Gasteiger partial charge on any atom is -0.444 e. The fraction of sp³-hybridized carbons (Fsp3) is 0.923. The number of nitrogens with two attached hydrogens (primary N) is 1. The van der Waals surface area contributed by atoms with Crippen molar-refractivity contribution in [3.63, 3.8) is 0 Å². The van der Waals surface area contributed by atoms with E-state index in [1.807, 2.05) is 27.7 Å². The van der Waals surface area contributed by atoms with E-state index in [1.54, 1.807) is 0 Å². The molecule has 19 heavy (non-hydrogen) atoms. The van der Waals surface area contributed by atoms with Crippen molar-refractivity contribution >= 4 is 6.09 Å². The molecule has 6 heteroatoms. The normalized spacial score (nSPS) is 21.8. The van der Waals surface area contributed by atoms with E-state index in [4.69, 9.17) is 15.6 Å². The van der Waals surface area contributed by atoms with Crippen molar-refractivity contribution in [3.05, 3.63) is 0 Å². The summed E-state index contributed by atoms with van der Waals surface area (Å²) in [5.41, 5.74) is 4.63. The van der Waals surface area contributed by atoms with Crippen LogP contribution in [0.5, 0.6) is 0 Å². The summed E-state index contributed by atoms with van der Waals surface area (Å²) in [6.07, 6.45) is 0.461. The van der Waals surface area contributed by atoms with Crippen LogP contribution in [0.2, 0.25) is 0 Å². The zero-order valence-electron chi connectivity index (χ0n) is 12.4. The highest BCUT2D eigenvalue weighted by molar-refractivity contribution is 5.68. The van der Waals surface area contributed by atoms with E-state index in [-0.39, 0.29) is 11.6 Å². The van der Waals surface area contributed by atoms with Gasteiger partial charge in [-0.1, -0.05) is 0 Å². The van der Waals surface area contributed by atoms with Gasteiger partial charge in [-0.3, -0.25) is 4.90 Å². The van der Waals surface area contributed by atoms with Gasteiger partial charge in [-0.25, -0.2) is 4.79 Å². The van der Waals surface area contributed by atoms with Gasteiger partial charge >= 0.3 is 6.09 Å². The van der Waals surface area contributed by atoms with E-state index in [1.165, 1.54) is 0 Å². The van der Waals surface area contributed by atoms with Crippen LogP contribution >= 0.6 is 0 Å². The Morgan fingerprint density at radius 1 is 1.47 bits per heavy atom. The topological polar surface area (TPSA) is 87.8 Å². The molecule has 0 aliphatic carbocycles. The SMILES string of the molecule is CC1(NC(=O)OC(C)(C)C)CCN(CC(N)O)CC1. The second-order valence-corrected chi connectivity index (χ2v) is 6.56. The smallest absolute Gasteiger partial charge is 0.408 e. The second-order valence-electron chi connectivity index (χ2n) is 6.56. The highest BCUT2D eigenvalue weighted by Crippen LogP contribution is 2.22. The van der Waals surface area contributed by atoms with Crippen molar-refractivity contribution in [2.45, 2.75) is 57.9 Å². The Hall–Kier alpha value is -0.850. The van der Waals surface area contributed by atoms with Gasteiger partial charge in [-0.2, -0.15) is 0 Å². The maximum Gasteiger partial charge on any atom is 0.408 e. The highest BCUT2D eigenvalue weighted by Gasteiger charge is 2.33. The molecule has 0 spiro atoms. The maximum absolute atomic E-state index is 11.8. The van der Waals surface area contributed by atoms with Crippen LogP contribution in [0, 0.1) is 0 Å². The van der Waals surface area contributed by atoms with Gasteiger partial charge in [0.15, 0.2) is 0 Å². The number of hydrogen-bond donors (Lipinski definition) is 3. The monoisotopic (exact) mass is 273 g/mol. The molecule has 1 aliphatic rings. The number of nitrogens with zero attached hydrogens (tertiary/aromatic N) is 1. The van der Waals surface area contributed by atoms with E-state index in [9.17, 15) is 4.79 Å². The van der Waals surface area contributed by atoms with Gasteiger partial charge in [-0.15, -0.1) is 0 Å². The van der Waals surface area contributed by atoms with Crippen LogP contribution in [0.3, 0.4) is 0 Å². The first kappa shape index (κ1) is 16.2. The van der Waals surface area contributed by atoms with E-state index in [0.29, 0.717) is 6.54 Å². The number of likely N-dealkylation sites (tertiary alicyclic amines) is 1. The van der Waals surface area contributed by atoms with Crippen LogP contribution in [-0.4, -0.2) is 53.1 Å². The van der Waals surface area contributed by atoms with Crippen molar-refractivity contribution in [1.82, 2.24) is 10.2 Å². The van der Waals surface area contributed by atoms with E-state index in [2.05, 4.69) is 10.2 Å². The molecular formula is C13H27N3O3. The van der Waals surface area contributed by atoms with E-state index in [0.717, 1.165) is 25.9 Å².